The number of rotatable bonds is 4. The van der Waals surface area contributed by atoms with Crippen LogP contribution in [0.2, 0.25) is 0 Å². The second-order valence-corrected chi connectivity index (χ2v) is 7.73. The zero-order chi connectivity index (χ0) is 19.6. The monoisotopic (exact) mass is 439 g/mol. The average Bonchev–Trinajstić information content (AvgIpc) is 2.67. The number of benzene rings is 1. The summed E-state index contributed by atoms with van der Waals surface area (Å²) in [6.45, 7) is 10.7. The minimum atomic E-state index is -1.01. The van der Waals surface area contributed by atoms with Gasteiger partial charge < -0.3 is 15.5 Å². The van der Waals surface area contributed by atoms with Crippen molar-refractivity contribution in [2.75, 3.05) is 31.1 Å². The van der Waals surface area contributed by atoms with Gasteiger partial charge in [0.25, 0.3) is 0 Å². The van der Waals surface area contributed by atoms with Gasteiger partial charge in [-0.3, -0.25) is 4.79 Å². The minimum absolute atomic E-state index is 0. The lowest BCUT2D eigenvalue weighted by molar-refractivity contribution is -0.137. The first-order valence-electron chi connectivity index (χ1n) is 9.53. The summed E-state index contributed by atoms with van der Waals surface area (Å²) in [6.07, 6.45) is 0. The number of hydrogen-bond donors (Lipinski definition) is 1. The van der Waals surface area contributed by atoms with Crippen molar-refractivity contribution in [3.8, 4) is 0 Å². The summed E-state index contributed by atoms with van der Waals surface area (Å²) < 4.78 is 0. The van der Waals surface area contributed by atoms with Crippen LogP contribution >= 0.6 is 24.8 Å². The molecular formula is C21H31Cl2N5O. The Balaban J connectivity index is 0.00000210. The van der Waals surface area contributed by atoms with Gasteiger partial charge in [0.05, 0.1) is 0 Å². The maximum Gasteiger partial charge on any atom is 0.247 e. The van der Waals surface area contributed by atoms with E-state index in [0.29, 0.717) is 13.1 Å². The van der Waals surface area contributed by atoms with E-state index < -0.39 is 5.54 Å². The molecule has 0 radical (unpaired) electrons. The Hall–Kier alpha value is -1.89. The first-order valence-corrected chi connectivity index (χ1v) is 9.53. The van der Waals surface area contributed by atoms with Crippen molar-refractivity contribution in [1.82, 2.24) is 14.9 Å². The molecule has 8 heteroatoms. The van der Waals surface area contributed by atoms with Crippen LogP contribution in [0.4, 0.5) is 5.82 Å². The fourth-order valence-electron chi connectivity index (χ4n) is 3.37. The summed E-state index contributed by atoms with van der Waals surface area (Å²) in [5, 5.41) is 0. The Morgan fingerprint density at radius 2 is 1.66 bits per heavy atom. The molecule has 1 aromatic heterocycles. The lowest BCUT2D eigenvalue weighted by atomic mass is 9.91. The molecule has 1 saturated heterocycles. The lowest BCUT2D eigenvalue weighted by Crippen LogP contribution is -2.57. The quantitative estimate of drug-likeness (QED) is 0.790. The number of carbonyl (C=O) groups excluding carboxylic acids is 1. The highest BCUT2D eigenvalue weighted by Crippen LogP contribution is 2.23. The number of halogens is 2. The first kappa shape index (κ1) is 25.1. The summed E-state index contributed by atoms with van der Waals surface area (Å²) in [5.41, 5.74) is 7.20. The molecule has 1 atom stereocenters. The third-order valence-corrected chi connectivity index (χ3v) is 5.08. The van der Waals surface area contributed by atoms with Gasteiger partial charge >= 0.3 is 0 Å². The van der Waals surface area contributed by atoms with E-state index in [2.05, 4.69) is 23.7 Å². The van der Waals surface area contributed by atoms with Crippen molar-refractivity contribution in [2.24, 2.45) is 5.73 Å². The minimum Gasteiger partial charge on any atom is -0.353 e. The van der Waals surface area contributed by atoms with E-state index in [1.807, 2.05) is 48.2 Å². The molecular weight excluding hydrogens is 409 g/mol. The number of nitrogens with two attached hydrogens (primary N) is 1. The van der Waals surface area contributed by atoms with Gasteiger partial charge in [0.15, 0.2) is 0 Å². The Kier molecular flexibility index (Phi) is 8.87. The van der Waals surface area contributed by atoms with Crippen LogP contribution in [0.25, 0.3) is 0 Å². The Labute approximate surface area is 185 Å². The molecule has 1 aliphatic rings. The van der Waals surface area contributed by atoms with Crippen LogP contribution in [-0.4, -0.2) is 47.0 Å². The van der Waals surface area contributed by atoms with Crippen LogP contribution in [0.5, 0.6) is 0 Å². The molecule has 3 rings (SSSR count). The Morgan fingerprint density at radius 3 is 2.21 bits per heavy atom. The number of carbonyl (C=O) groups is 1. The maximum atomic E-state index is 13.0. The molecule has 1 aromatic carbocycles. The summed E-state index contributed by atoms with van der Waals surface area (Å²) in [5.74, 6) is 2.06. The molecule has 2 aromatic rings. The largest absolute Gasteiger partial charge is 0.353 e. The van der Waals surface area contributed by atoms with Gasteiger partial charge in [-0.05, 0) is 19.4 Å². The van der Waals surface area contributed by atoms with E-state index in [-0.39, 0.29) is 36.6 Å². The number of anilines is 1. The summed E-state index contributed by atoms with van der Waals surface area (Å²) in [4.78, 5) is 26.3. The van der Waals surface area contributed by atoms with Gasteiger partial charge in [0.2, 0.25) is 5.91 Å². The molecule has 1 amide bonds. The standard InChI is InChI=1S/C21H29N5O.2ClH/c1-15(2)19-23-16(3)14-18(24-19)25-10-12-26(13-11-25)20(27)21(4,22)17-8-6-5-7-9-17;;/h5-9,14-15H,10-13,22H2,1-4H3;2*1H. The topological polar surface area (TPSA) is 75.3 Å². The number of amides is 1. The van der Waals surface area contributed by atoms with Crippen molar-refractivity contribution in [3.05, 3.63) is 53.5 Å². The van der Waals surface area contributed by atoms with Crippen LogP contribution in [-0.2, 0) is 10.3 Å². The molecule has 0 aliphatic carbocycles. The molecule has 1 aliphatic heterocycles. The van der Waals surface area contributed by atoms with E-state index in [1.165, 1.54) is 0 Å². The van der Waals surface area contributed by atoms with Crippen LogP contribution < -0.4 is 10.6 Å². The van der Waals surface area contributed by atoms with E-state index in [4.69, 9.17) is 10.7 Å². The van der Waals surface area contributed by atoms with E-state index in [9.17, 15) is 4.79 Å². The number of aromatic nitrogens is 2. The first-order chi connectivity index (χ1) is 12.8. The molecule has 2 heterocycles. The molecule has 1 fully saturated rings. The van der Waals surface area contributed by atoms with Gasteiger partial charge in [-0.15, -0.1) is 24.8 Å². The highest BCUT2D eigenvalue weighted by molar-refractivity contribution is 5.87. The molecule has 1 unspecified atom stereocenters. The summed E-state index contributed by atoms with van der Waals surface area (Å²) >= 11 is 0. The third kappa shape index (κ3) is 5.59. The second kappa shape index (κ2) is 10.2. The maximum absolute atomic E-state index is 13.0. The lowest BCUT2D eigenvalue weighted by Gasteiger charge is -2.39. The predicted molar refractivity (Wildman–Crippen MR) is 122 cm³/mol. The number of hydrogen-bond acceptors (Lipinski definition) is 5. The average molecular weight is 440 g/mol. The zero-order valence-corrected chi connectivity index (χ0v) is 19.1. The smallest absolute Gasteiger partial charge is 0.247 e. The number of nitrogens with zero attached hydrogens (tertiary/aromatic N) is 4. The molecule has 0 saturated carbocycles. The predicted octanol–water partition coefficient (Wildman–Crippen LogP) is 3.27. The van der Waals surface area contributed by atoms with Crippen LogP contribution in [0.3, 0.4) is 0 Å². The molecule has 0 spiro atoms. The summed E-state index contributed by atoms with van der Waals surface area (Å²) in [6, 6.07) is 11.6. The van der Waals surface area contributed by atoms with E-state index in [1.54, 1.807) is 6.92 Å². The van der Waals surface area contributed by atoms with Crippen molar-refractivity contribution in [1.29, 1.82) is 0 Å². The Morgan fingerprint density at radius 1 is 1.07 bits per heavy atom. The van der Waals surface area contributed by atoms with E-state index >= 15 is 0 Å². The fraction of sp³-hybridized carbons (Fsp3) is 0.476. The fourth-order valence-corrected chi connectivity index (χ4v) is 3.37. The van der Waals surface area contributed by atoms with Gasteiger partial charge in [-0.25, -0.2) is 9.97 Å². The normalized spacial score (nSPS) is 15.9. The third-order valence-electron chi connectivity index (χ3n) is 5.08. The van der Waals surface area contributed by atoms with Gasteiger partial charge in [-0.2, -0.15) is 0 Å². The molecule has 160 valence electrons. The second-order valence-electron chi connectivity index (χ2n) is 7.73. The SMILES string of the molecule is Cc1cc(N2CCN(C(=O)C(C)(N)c3ccccc3)CC2)nc(C(C)C)n1.Cl.Cl. The molecule has 6 nitrogen and oxygen atoms in total. The Bertz CT molecular complexity index is 806. The highest BCUT2D eigenvalue weighted by atomic mass is 35.5. The van der Waals surface area contributed by atoms with Crippen LogP contribution in [0, 0.1) is 6.92 Å². The van der Waals surface area contributed by atoms with Crippen LogP contribution in [0.1, 0.15) is 43.8 Å². The highest BCUT2D eigenvalue weighted by Gasteiger charge is 2.35. The molecule has 0 bridgehead atoms. The number of aryl methyl sites for hydroxylation is 1. The van der Waals surface area contributed by atoms with Crippen molar-refractivity contribution in [3.63, 3.8) is 0 Å². The van der Waals surface area contributed by atoms with Gasteiger partial charge in [0, 0.05) is 43.9 Å². The number of piperazine rings is 1. The van der Waals surface area contributed by atoms with Crippen molar-refractivity contribution < 1.29 is 4.79 Å². The van der Waals surface area contributed by atoms with Crippen LogP contribution in [0.15, 0.2) is 36.4 Å². The van der Waals surface area contributed by atoms with E-state index in [0.717, 1.165) is 36.0 Å². The summed E-state index contributed by atoms with van der Waals surface area (Å²) in [7, 11) is 0. The zero-order valence-electron chi connectivity index (χ0n) is 17.5. The van der Waals surface area contributed by atoms with Gasteiger partial charge in [-0.1, -0.05) is 44.2 Å². The van der Waals surface area contributed by atoms with Crippen molar-refractivity contribution >= 4 is 36.5 Å². The van der Waals surface area contributed by atoms with Gasteiger partial charge in [0.1, 0.15) is 17.2 Å². The molecule has 29 heavy (non-hydrogen) atoms. The van der Waals surface area contributed by atoms with Crippen molar-refractivity contribution in [2.45, 2.75) is 39.2 Å². The molecule has 2 N–H and O–H groups in total.